The Balaban J connectivity index is 3.32. The van der Waals surface area contributed by atoms with E-state index >= 15 is 0 Å². The second-order valence-electron chi connectivity index (χ2n) is 4.11. The van der Waals surface area contributed by atoms with Crippen molar-refractivity contribution in [1.82, 2.24) is 0 Å². The third-order valence-electron chi connectivity index (χ3n) is 3.03. The Labute approximate surface area is 90.0 Å². The van der Waals surface area contributed by atoms with Crippen LogP contribution in [-0.4, -0.2) is 21.4 Å². The number of benzene rings is 1. The molecular weight excluding hydrogens is 192 g/mol. The van der Waals surface area contributed by atoms with Gasteiger partial charge in [-0.05, 0) is 38.0 Å². The summed E-state index contributed by atoms with van der Waals surface area (Å²) < 4.78 is 0. The first kappa shape index (κ1) is 11.9. The van der Waals surface area contributed by atoms with Crippen LogP contribution < -0.4 is 0 Å². The third kappa shape index (κ3) is 2.07. The molecule has 2 atom stereocenters. The lowest BCUT2D eigenvalue weighted by molar-refractivity contribution is 0.168. The van der Waals surface area contributed by atoms with E-state index in [1.54, 1.807) is 26.8 Å². The van der Waals surface area contributed by atoms with Crippen LogP contribution in [0.3, 0.4) is 0 Å². The Hall–Kier alpha value is -1.22. The highest BCUT2D eigenvalue weighted by molar-refractivity contribution is 5.52. The van der Waals surface area contributed by atoms with E-state index in [1.165, 1.54) is 0 Å². The highest BCUT2D eigenvalue weighted by Crippen LogP contribution is 2.36. The second-order valence-corrected chi connectivity index (χ2v) is 4.11. The van der Waals surface area contributed by atoms with Crippen LogP contribution in [0.5, 0.6) is 11.5 Å². The van der Waals surface area contributed by atoms with Crippen molar-refractivity contribution in [2.75, 3.05) is 0 Å². The third-order valence-corrected chi connectivity index (χ3v) is 3.03. The molecule has 1 aromatic carbocycles. The Kier molecular flexibility index (Phi) is 3.25. The van der Waals surface area contributed by atoms with E-state index < -0.39 is 6.10 Å². The summed E-state index contributed by atoms with van der Waals surface area (Å²) in [5.41, 5.74) is 1.98. The zero-order chi connectivity index (χ0) is 11.7. The van der Waals surface area contributed by atoms with Crippen LogP contribution in [0.15, 0.2) is 6.07 Å². The minimum atomic E-state index is -0.509. The molecule has 84 valence electrons. The van der Waals surface area contributed by atoms with Gasteiger partial charge >= 0.3 is 0 Å². The predicted octanol–water partition coefficient (Wildman–Crippen LogP) is 2.20. The van der Waals surface area contributed by atoms with Gasteiger partial charge in [0, 0.05) is 11.5 Å². The standard InChI is InChI=1S/C12H18O3/c1-6(9(4)13)10-5-11(14)8(3)12(15)7(10)2/h5-6,9,13-15H,1-4H3/t6-,9-/m0/s1. The second kappa shape index (κ2) is 4.11. The number of aliphatic hydroxyl groups is 1. The first-order chi connectivity index (χ1) is 6.86. The molecule has 0 heterocycles. The summed E-state index contributed by atoms with van der Waals surface area (Å²) in [5.74, 6) is 0.0699. The van der Waals surface area contributed by atoms with E-state index in [0.29, 0.717) is 5.56 Å². The van der Waals surface area contributed by atoms with Crippen LogP contribution in [0.25, 0.3) is 0 Å². The van der Waals surface area contributed by atoms with Gasteiger partial charge in [-0.2, -0.15) is 0 Å². The topological polar surface area (TPSA) is 60.7 Å². The summed E-state index contributed by atoms with van der Waals surface area (Å²) in [6.07, 6.45) is -0.509. The van der Waals surface area contributed by atoms with Crippen molar-refractivity contribution < 1.29 is 15.3 Å². The molecule has 0 aliphatic heterocycles. The van der Waals surface area contributed by atoms with Crippen molar-refractivity contribution in [2.45, 2.75) is 39.7 Å². The quantitative estimate of drug-likeness (QED) is 0.701. The molecule has 0 amide bonds. The lowest BCUT2D eigenvalue weighted by Gasteiger charge is -2.19. The maximum Gasteiger partial charge on any atom is 0.125 e. The summed E-state index contributed by atoms with van der Waals surface area (Å²) in [7, 11) is 0. The van der Waals surface area contributed by atoms with Gasteiger partial charge in [0.15, 0.2) is 0 Å². The van der Waals surface area contributed by atoms with Crippen molar-refractivity contribution in [3.63, 3.8) is 0 Å². The maximum atomic E-state index is 9.76. The van der Waals surface area contributed by atoms with Crippen molar-refractivity contribution in [3.05, 3.63) is 22.8 Å². The summed E-state index contributed by atoms with van der Waals surface area (Å²) in [6, 6.07) is 1.61. The summed E-state index contributed by atoms with van der Waals surface area (Å²) in [5, 5.41) is 28.8. The number of hydrogen-bond donors (Lipinski definition) is 3. The van der Waals surface area contributed by atoms with E-state index in [1.807, 2.05) is 6.92 Å². The lowest BCUT2D eigenvalue weighted by atomic mass is 9.90. The van der Waals surface area contributed by atoms with E-state index in [9.17, 15) is 15.3 Å². The van der Waals surface area contributed by atoms with Crippen LogP contribution >= 0.6 is 0 Å². The van der Waals surface area contributed by atoms with Gasteiger partial charge < -0.3 is 15.3 Å². The fourth-order valence-corrected chi connectivity index (χ4v) is 1.64. The monoisotopic (exact) mass is 210 g/mol. The highest BCUT2D eigenvalue weighted by atomic mass is 16.3. The minimum absolute atomic E-state index is 0.0700. The van der Waals surface area contributed by atoms with Gasteiger partial charge in [-0.25, -0.2) is 0 Å². The fourth-order valence-electron chi connectivity index (χ4n) is 1.64. The van der Waals surface area contributed by atoms with Crippen molar-refractivity contribution >= 4 is 0 Å². The smallest absolute Gasteiger partial charge is 0.125 e. The number of rotatable bonds is 2. The van der Waals surface area contributed by atoms with Gasteiger partial charge in [0.25, 0.3) is 0 Å². The number of phenolic OH excluding ortho intramolecular Hbond substituents is 2. The van der Waals surface area contributed by atoms with E-state index in [4.69, 9.17) is 0 Å². The summed E-state index contributed by atoms with van der Waals surface area (Å²) >= 11 is 0. The number of hydrogen-bond acceptors (Lipinski definition) is 3. The molecule has 1 rings (SSSR count). The van der Waals surface area contributed by atoms with Crippen LogP contribution in [0.4, 0.5) is 0 Å². The average molecular weight is 210 g/mol. The van der Waals surface area contributed by atoms with E-state index in [-0.39, 0.29) is 17.4 Å². The molecule has 0 fully saturated rings. The van der Waals surface area contributed by atoms with Crippen LogP contribution in [-0.2, 0) is 0 Å². The molecule has 0 spiro atoms. The van der Waals surface area contributed by atoms with Crippen LogP contribution in [0.2, 0.25) is 0 Å². The van der Waals surface area contributed by atoms with E-state index in [0.717, 1.165) is 11.1 Å². The Bertz CT molecular complexity index is 370. The predicted molar refractivity (Wildman–Crippen MR) is 59.3 cm³/mol. The van der Waals surface area contributed by atoms with Gasteiger partial charge in [-0.3, -0.25) is 0 Å². The first-order valence-electron chi connectivity index (χ1n) is 5.06. The summed E-state index contributed by atoms with van der Waals surface area (Å²) in [6.45, 7) is 7.00. The van der Waals surface area contributed by atoms with Gasteiger partial charge in [-0.1, -0.05) is 6.92 Å². The molecule has 0 aliphatic rings. The summed E-state index contributed by atoms with van der Waals surface area (Å²) in [4.78, 5) is 0. The van der Waals surface area contributed by atoms with Gasteiger partial charge in [0.2, 0.25) is 0 Å². The zero-order valence-corrected chi connectivity index (χ0v) is 9.57. The fraction of sp³-hybridized carbons (Fsp3) is 0.500. The molecule has 3 N–H and O–H groups in total. The molecule has 0 saturated heterocycles. The highest BCUT2D eigenvalue weighted by Gasteiger charge is 2.18. The molecule has 3 heteroatoms. The van der Waals surface area contributed by atoms with Crippen LogP contribution in [0, 0.1) is 13.8 Å². The Morgan fingerprint density at radius 3 is 2.07 bits per heavy atom. The Morgan fingerprint density at radius 2 is 1.60 bits per heavy atom. The van der Waals surface area contributed by atoms with E-state index in [2.05, 4.69) is 0 Å². The first-order valence-corrected chi connectivity index (χ1v) is 5.06. The van der Waals surface area contributed by atoms with Crippen LogP contribution in [0.1, 0.15) is 36.5 Å². The molecule has 0 aliphatic carbocycles. The molecule has 0 unspecified atom stereocenters. The minimum Gasteiger partial charge on any atom is -0.508 e. The molecule has 0 radical (unpaired) electrons. The molecular formula is C12H18O3. The van der Waals surface area contributed by atoms with Gasteiger partial charge in [0.05, 0.1) is 6.10 Å². The number of aliphatic hydroxyl groups excluding tert-OH is 1. The van der Waals surface area contributed by atoms with Gasteiger partial charge in [-0.15, -0.1) is 0 Å². The molecule has 0 saturated carbocycles. The number of phenols is 2. The molecule has 0 bridgehead atoms. The zero-order valence-electron chi connectivity index (χ0n) is 9.57. The molecule has 15 heavy (non-hydrogen) atoms. The average Bonchev–Trinajstić information content (AvgIpc) is 2.19. The lowest BCUT2D eigenvalue weighted by Crippen LogP contribution is -2.12. The Morgan fingerprint density at radius 1 is 1.07 bits per heavy atom. The largest absolute Gasteiger partial charge is 0.508 e. The van der Waals surface area contributed by atoms with Crippen molar-refractivity contribution in [3.8, 4) is 11.5 Å². The van der Waals surface area contributed by atoms with Crippen molar-refractivity contribution in [1.29, 1.82) is 0 Å². The number of aromatic hydroxyl groups is 2. The van der Waals surface area contributed by atoms with Gasteiger partial charge in [0.1, 0.15) is 11.5 Å². The molecule has 3 nitrogen and oxygen atoms in total. The van der Waals surface area contributed by atoms with Crippen molar-refractivity contribution in [2.24, 2.45) is 0 Å². The SMILES string of the molecule is Cc1c(O)cc([C@@H](C)[C@H](C)O)c(C)c1O. The molecule has 0 aromatic heterocycles. The maximum absolute atomic E-state index is 9.76. The molecule has 1 aromatic rings. The normalized spacial score (nSPS) is 15.0.